The van der Waals surface area contributed by atoms with Gasteiger partial charge in [0.2, 0.25) is 6.79 Å². The second-order valence-electron chi connectivity index (χ2n) is 38.3. The first-order valence-electron chi connectivity index (χ1n) is 44.7. The molecule has 7 saturated heterocycles. The fourth-order valence-corrected chi connectivity index (χ4v) is 26.3. The second-order valence-corrected chi connectivity index (χ2v) is 40.6. The Morgan fingerprint density at radius 2 is 1.10 bits per heavy atom. The van der Waals surface area contributed by atoms with Crippen molar-refractivity contribution >= 4 is 71.5 Å². The van der Waals surface area contributed by atoms with Gasteiger partial charge in [-0.2, -0.15) is 17.0 Å². The molecule has 0 aromatic heterocycles. The Balaban J connectivity index is 0.000000203. The van der Waals surface area contributed by atoms with Crippen LogP contribution < -0.4 is 63.9 Å². The number of fused-ring (bicyclic) bond motifs is 18. The molecule has 36 nitrogen and oxygen atoms in total. The van der Waals surface area contributed by atoms with Gasteiger partial charge in [0.25, 0.3) is 0 Å². The number of alkyl carbamates (subject to hydrolysis) is 2. The number of carbonyl (C=O) groups excluding carboxylic acids is 8. The highest BCUT2D eigenvalue weighted by molar-refractivity contribution is 8.00. The summed E-state index contributed by atoms with van der Waals surface area (Å²) in [7, 11) is 9.84. The van der Waals surface area contributed by atoms with Crippen molar-refractivity contribution in [3.05, 3.63) is 120 Å². The number of ether oxygens (including phenoxy) is 16. The Hall–Kier alpha value is -10.7. The van der Waals surface area contributed by atoms with E-state index in [9.17, 15) is 49.3 Å². The van der Waals surface area contributed by atoms with Crippen molar-refractivity contribution in [3.8, 4) is 69.3 Å². The molecular formula is C97H123N9O27S2. The van der Waals surface area contributed by atoms with E-state index in [1.54, 1.807) is 65.8 Å². The summed E-state index contributed by atoms with van der Waals surface area (Å²) in [5.41, 5.74) is 5.21. The van der Waals surface area contributed by atoms with Crippen LogP contribution in [0, 0.1) is 43.9 Å². The third kappa shape index (κ3) is 16.7. The zero-order valence-electron chi connectivity index (χ0n) is 78.0. The third-order valence-electron chi connectivity index (χ3n) is 28.2. The number of esters is 6. The quantitative estimate of drug-likeness (QED) is 0.0347. The Bertz CT molecular complexity index is 5700. The van der Waals surface area contributed by atoms with E-state index >= 15 is 9.59 Å². The lowest BCUT2D eigenvalue weighted by Crippen LogP contribution is -2.78. The molecule has 0 radical (unpaired) electrons. The number of nitrogens with zero attached hydrogens (tertiary/aromatic N) is 5. The number of aliphatic hydroxyl groups is 1. The van der Waals surface area contributed by atoms with Crippen molar-refractivity contribution < 1.29 is 129 Å². The molecule has 730 valence electrons. The van der Waals surface area contributed by atoms with E-state index in [1.165, 1.54) is 79.7 Å². The average Bonchev–Trinajstić information content (AvgIpc) is 1.56. The number of likely N-dealkylation sites (N-methyl/N-ethyl adjacent to an activating group) is 2. The first-order valence-corrected chi connectivity index (χ1v) is 46.8. The molecule has 15 aliphatic rings. The number of thioether (sulfide) groups is 2. The fraction of sp³-hybridized carbons (Fsp3) is 0.577. The smallest absolute Gasteiger partial charge is 0.408 e. The molecule has 5 aromatic carbocycles. The summed E-state index contributed by atoms with van der Waals surface area (Å²) in [5.74, 6) is -1.48. The minimum absolute atomic E-state index is 0. The van der Waals surface area contributed by atoms with E-state index in [4.69, 9.17) is 75.8 Å². The lowest BCUT2D eigenvalue weighted by molar-refractivity contribution is -0.224. The van der Waals surface area contributed by atoms with E-state index in [0.29, 0.717) is 118 Å². The van der Waals surface area contributed by atoms with Crippen molar-refractivity contribution in [3.63, 3.8) is 0 Å². The summed E-state index contributed by atoms with van der Waals surface area (Å²) in [4.78, 5) is 117. The molecule has 38 heteroatoms. The normalized spacial score (nSPS) is 29.2. The number of benzene rings is 5. The van der Waals surface area contributed by atoms with Crippen molar-refractivity contribution in [1.29, 1.82) is 5.26 Å². The van der Waals surface area contributed by atoms with Crippen LogP contribution in [0.2, 0.25) is 0 Å². The number of rotatable bonds is 12. The SMILES string of the molecule is C.C.COc1cc2c(cc1OC(=O)[C@H](C)NC(=O)OC(C)(C)C)CCN[C@]21CS[C@@H]2C3C(OC(C)=O)C(C)=C4OCOC4C3[C@H](COC1=O)N1C2[C@H]2c3c(cc(C)c(OC)c3O)C[C@@H]([C@@H]1O)N2C.COc1cc2c(cc1OC(=O)[C@H](C)NC(=O)OC(C)(C)C)CCN[C@]21CS[C@@H]2c3c(OC(C)=O)c(C)c4c(c3[C@H](COC1=O)N1C2[C@H]2c3c(cc(C)c(OC)c3O)C[C@@H]([C@@H]1C#N)N2C)OCO4. The number of piperidine rings is 1. The van der Waals surface area contributed by atoms with Gasteiger partial charge in [-0.3, -0.25) is 39.8 Å². The van der Waals surface area contributed by atoms with Gasteiger partial charge in [0.05, 0.1) is 70.0 Å². The summed E-state index contributed by atoms with van der Waals surface area (Å²) in [6.45, 7) is 23.6. The molecule has 14 heterocycles. The Kier molecular flexibility index (Phi) is 27.3. The van der Waals surface area contributed by atoms with Gasteiger partial charge in [0.1, 0.15) is 72.5 Å². The van der Waals surface area contributed by atoms with Gasteiger partial charge >= 0.3 is 48.0 Å². The van der Waals surface area contributed by atoms with Crippen LogP contribution in [0.1, 0.15) is 187 Å². The largest absolute Gasteiger partial charge is 0.504 e. The predicted molar refractivity (Wildman–Crippen MR) is 491 cm³/mol. The molecule has 2 amide bonds. The number of aliphatic hydroxyl groups excluding tert-OH is 1. The van der Waals surface area contributed by atoms with Crippen LogP contribution >= 0.6 is 23.5 Å². The first-order chi connectivity index (χ1) is 63.1. The lowest BCUT2D eigenvalue weighted by atomic mass is 9.62. The summed E-state index contributed by atoms with van der Waals surface area (Å²) in [5, 5.41) is 59.2. The van der Waals surface area contributed by atoms with Crippen LogP contribution in [0.25, 0.3) is 0 Å². The number of methoxy groups -OCH3 is 4. The minimum atomic E-state index is -1.50. The highest BCUT2D eigenvalue weighted by Gasteiger charge is 2.69. The molecule has 5 aromatic rings. The van der Waals surface area contributed by atoms with E-state index in [0.717, 1.165) is 27.8 Å². The molecular weight excluding hydrogens is 1790 g/mol. The van der Waals surface area contributed by atoms with Crippen LogP contribution in [0.5, 0.6) is 63.2 Å². The van der Waals surface area contributed by atoms with Crippen molar-refractivity contribution in [2.45, 2.75) is 255 Å². The fourth-order valence-electron chi connectivity index (χ4n) is 22.8. The maximum Gasteiger partial charge on any atom is 0.408 e. The van der Waals surface area contributed by atoms with Gasteiger partial charge < -0.3 is 102 Å². The van der Waals surface area contributed by atoms with Crippen LogP contribution in [-0.4, -0.2) is 260 Å². The molecule has 1 aliphatic carbocycles. The first kappa shape index (κ1) is 98.8. The molecule has 2 spiro atoms. The molecule has 8 bridgehead atoms. The zero-order valence-corrected chi connectivity index (χ0v) is 79.7. The van der Waals surface area contributed by atoms with Gasteiger partial charge in [0.15, 0.2) is 75.4 Å². The summed E-state index contributed by atoms with van der Waals surface area (Å²) < 4.78 is 95.9. The van der Waals surface area contributed by atoms with E-state index < -0.39 is 171 Å². The highest BCUT2D eigenvalue weighted by atomic mass is 32.2. The number of phenols is 2. The molecule has 20 rings (SSSR count). The van der Waals surface area contributed by atoms with Crippen LogP contribution in [-0.2, 0) is 98.7 Å². The number of nitrogens with one attached hydrogen (secondary N) is 4. The number of carbonyl (C=O) groups is 8. The van der Waals surface area contributed by atoms with E-state index in [2.05, 4.69) is 46.9 Å². The van der Waals surface area contributed by atoms with Crippen LogP contribution in [0.4, 0.5) is 9.59 Å². The highest BCUT2D eigenvalue weighted by Crippen LogP contribution is 2.67. The molecule has 0 saturated carbocycles. The van der Waals surface area contributed by atoms with Crippen LogP contribution in [0.15, 0.2) is 47.7 Å². The number of amides is 2. The predicted octanol–water partition coefficient (Wildman–Crippen LogP) is 9.72. The van der Waals surface area contributed by atoms with Gasteiger partial charge in [-0.25, -0.2) is 28.8 Å². The molecule has 7 fully saturated rings. The summed E-state index contributed by atoms with van der Waals surface area (Å²) in [6.07, 6.45) is -2.16. The van der Waals surface area contributed by atoms with Crippen molar-refractivity contribution in [1.82, 2.24) is 40.9 Å². The molecule has 20 atom stereocenters. The summed E-state index contributed by atoms with van der Waals surface area (Å²) in [6, 6.07) is 6.08. The lowest BCUT2D eigenvalue weighted by Gasteiger charge is -2.66. The molecule has 7 N–H and O–H groups in total. The van der Waals surface area contributed by atoms with Gasteiger partial charge in [-0.05, 0) is 192 Å². The van der Waals surface area contributed by atoms with Gasteiger partial charge in [0, 0.05) is 107 Å². The number of aryl methyl sites for hydroxylation is 2. The van der Waals surface area contributed by atoms with Gasteiger partial charge in [-0.15, -0.1) is 11.8 Å². The third-order valence-corrected chi connectivity index (χ3v) is 31.3. The Labute approximate surface area is 793 Å². The van der Waals surface area contributed by atoms with E-state index in [-0.39, 0.29) is 99.4 Å². The van der Waals surface area contributed by atoms with Crippen molar-refractivity contribution in [2.75, 3.05) is 93.9 Å². The topological polar surface area (TPSA) is 430 Å². The number of hydrogen-bond donors (Lipinski definition) is 7. The number of phenolic OH excluding ortho intramolecular Hbond substituents is 2. The van der Waals surface area contributed by atoms with Crippen LogP contribution in [0.3, 0.4) is 0 Å². The molecule has 135 heavy (non-hydrogen) atoms. The Morgan fingerprint density at radius 1 is 0.585 bits per heavy atom. The maximum absolute atomic E-state index is 15.1. The standard InChI is InChI=1S/C48H55N5O13S.C47H60N4O14S.2CH4/c1-21-13-26-14-28-29(17-49)53-30-18-61-45(57)48(27-16-31(59-9)32(15-25(27)11-12-50-48)65-44(56)23(3)51-46(58)66-47(5,6)7)19-67-43(37(53)36(52(28)8)33(26)38(55)39(21)60-10)35-34(30)42-41(62-20-63-42)22(2)40(35)64-24(4)54;1-20-13-25-14-27-42(54)51-28-17-60-44(56)47(26-16-29(58-9)30(15-24(26)11-12-48-47)64-43(55)22(3)49-45(57)65-46(5,6)7)18-66-41(35(51)34(50(27)8)31(25)36(53)37(20)59-10)33-32(28)40-39(61-19-62-40)21(2)38(33)63-23(4)52;;/h13,15-16,23,28-30,36-37,43,50,55H,11-12,14,18-20H2,1-10H3,(H,51,58);13,15-16,22,27-28,32-35,38,40-42,48,53-54H,11-12,14,17-19H2,1-10H3,(H,49,57);2*1H4/t23-,28-,29-,30-,36+,37?,43+,48+;22-,27-,28-,32?,33?,34+,35?,38?,40?,41+,42-,47+;;/m00../s1. The van der Waals surface area contributed by atoms with Gasteiger partial charge in [-0.1, -0.05) is 27.0 Å². The number of aromatic hydroxyl groups is 2. The second kappa shape index (κ2) is 37.3. The number of nitriles is 1. The molecule has 6 unspecified atom stereocenters. The monoisotopic (exact) mass is 1910 g/mol. The van der Waals surface area contributed by atoms with E-state index in [1.807, 2.05) is 53.9 Å². The minimum Gasteiger partial charge on any atom is -0.504 e. The average molecular weight is 1910 g/mol. The zero-order chi connectivity index (χ0) is 95.3. The Morgan fingerprint density at radius 3 is 1.61 bits per heavy atom. The number of piperazine rings is 2. The van der Waals surface area contributed by atoms with Crippen molar-refractivity contribution in [2.24, 2.45) is 11.8 Å². The summed E-state index contributed by atoms with van der Waals surface area (Å²) >= 11 is 2.94. The number of hydrogen-bond acceptors (Lipinski definition) is 36. The maximum atomic E-state index is 15.1. The molecule has 14 aliphatic heterocycles.